The number of hydrogen-bond donors (Lipinski definition) is 1. The molecule has 90 valence electrons. The second-order valence-corrected chi connectivity index (χ2v) is 5.63. The number of rotatable bonds is 2. The average molecular weight is 253 g/mol. The molecule has 0 aliphatic heterocycles. The molecule has 3 rings (SSSR count). The second kappa shape index (κ2) is 4.54. The molecule has 1 aromatic heterocycles. The van der Waals surface area contributed by atoms with Crippen molar-refractivity contribution in [1.29, 1.82) is 0 Å². The van der Waals surface area contributed by atoms with E-state index in [1.54, 1.807) is 0 Å². The quantitative estimate of drug-likeness (QED) is 0.684. The molecule has 0 aliphatic carbocycles. The molecule has 0 fully saturated rings. The van der Waals surface area contributed by atoms with Gasteiger partial charge < -0.3 is 4.98 Å². The maximum Gasteiger partial charge on any atom is 0.0467 e. The van der Waals surface area contributed by atoms with Crippen molar-refractivity contribution in [3.63, 3.8) is 0 Å². The minimum Gasteiger partial charge on any atom is -0.358 e. The number of aromatic nitrogens is 1. The molecule has 0 atom stereocenters. The van der Waals surface area contributed by atoms with Crippen LogP contribution in [0.1, 0.15) is 11.3 Å². The molecule has 0 radical (unpaired) electrons. The minimum absolute atomic E-state index is 1.21. The van der Waals surface area contributed by atoms with Gasteiger partial charge in [0.05, 0.1) is 0 Å². The van der Waals surface area contributed by atoms with Crippen LogP contribution in [-0.4, -0.2) is 4.98 Å². The van der Waals surface area contributed by atoms with Crippen LogP contribution in [0.3, 0.4) is 0 Å². The van der Waals surface area contributed by atoms with E-state index in [9.17, 15) is 0 Å². The largest absolute Gasteiger partial charge is 0.358 e. The predicted molar refractivity (Wildman–Crippen MR) is 78.3 cm³/mol. The number of nitrogens with one attached hydrogen (secondary N) is 1. The fourth-order valence-electron chi connectivity index (χ4n) is 2.18. The summed E-state index contributed by atoms with van der Waals surface area (Å²) in [6.45, 7) is 4.27. The van der Waals surface area contributed by atoms with Crippen molar-refractivity contribution in [2.24, 2.45) is 0 Å². The number of aryl methyl sites for hydroxylation is 2. The lowest BCUT2D eigenvalue weighted by Gasteiger charge is -2.03. The highest BCUT2D eigenvalue weighted by molar-refractivity contribution is 7.99. The van der Waals surface area contributed by atoms with Gasteiger partial charge >= 0.3 is 0 Å². The Balaban J connectivity index is 2.07. The summed E-state index contributed by atoms with van der Waals surface area (Å²) in [5.41, 5.74) is 3.75. The highest BCUT2D eigenvalue weighted by Gasteiger charge is 2.09. The van der Waals surface area contributed by atoms with E-state index in [1.165, 1.54) is 32.0 Å². The molecular weight excluding hydrogens is 238 g/mol. The zero-order chi connectivity index (χ0) is 12.5. The highest BCUT2D eigenvalue weighted by Crippen LogP contribution is 2.36. The van der Waals surface area contributed by atoms with Crippen LogP contribution in [0.25, 0.3) is 10.9 Å². The van der Waals surface area contributed by atoms with Crippen molar-refractivity contribution in [2.75, 3.05) is 0 Å². The van der Waals surface area contributed by atoms with E-state index in [1.807, 2.05) is 11.8 Å². The summed E-state index contributed by atoms with van der Waals surface area (Å²) in [7, 11) is 0. The molecule has 18 heavy (non-hydrogen) atoms. The smallest absolute Gasteiger partial charge is 0.0467 e. The molecule has 0 spiro atoms. The van der Waals surface area contributed by atoms with Gasteiger partial charge in [0.25, 0.3) is 0 Å². The van der Waals surface area contributed by atoms with E-state index in [2.05, 4.69) is 67.4 Å². The molecule has 0 bridgehead atoms. The maximum absolute atomic E-state index is 3.44. The van der Waals surface area contributed by atoms with Crippen LogP contribution < -0.4 is 0 Å². The lowest BCUT2D eigenvalue weighted by atomic mass is 10.2. The first-order valence-electron chi connectivity index (χ1n) is 6.06. The Morgan fingerprint density at radius 2 is 1.78 bits per heavy atom. The van der Waals surface area contributed by atoms with Gasteiger partial charge in [0.1, 0.15) is 0 Å². The molecule has 1 N–H and O–H groups in total. The van der Waals surface area contributed by atoms with Gasteiger partial charge in [-0.25, -0.2) is 0 Å². The number of para-hydroxylation sites is 1. The van der Waals surface area contributed by atoms with Crippen LogP contribution in [0.5, 0.6) is 0 Å². The summed E-state index contributed by atoms with van der Waals surface area (Å²) in [6.07, 6.45) is 0. The van der Waals surface area contributed by atoms with E-state index in [4.69, 9.17) is 0 Å². The first-order valence-corrected chi connectivity index (χ1v) is 6.87. The number of fused-ring (bicyclic) bond motifs is 1. The molecule has 1 nitrogen and oxygen atoms in total. The topological polar surface area (TPSA) is 15.8 Å². The van der Waals surface area contributed by atoms with Crippen molar-refractivity contribution in [3.05, 3.63) is 59.8 Å². The lowest BCUT2D eigenvalue weighted by Crippen LogP contribution is -1.77. The van der Waals surface area contributed by atoms with Gasteiger partial charge in [-0.05, 0) is 32.0 Å². The van der Waals surface area contributed by atoms with Gasteiger partial charge in [-0.15, -0.1) is 0 Å². The van der Waals surface area contributed by atoms with Gasteiger partial charge in [-0.1, -0.05) is 47.7 Å². The maximum atomic E-state index is 3.44. The Morgan fingerprint density at radius 3 is 2.61 bits per heavy atom. The molecule has 2 heteroatoms. The molecule has 0 saturated heterocycles. The first kappa shape index (κ1) is 11.4. The van der Waals surface area contributed by atoms with E-state index in [-0.39, 0.29) is 0 Å². The van der Waals surface area contributed by atoms with Crippen molar-refractivity contribution in [1.82, 2.24) is 4.98 Å². The number of benzene rings is 2. The molecule has 2 aromatic carbocycles. The van der Waals surface area contributed by atoms with Crippen LogP contribution in [0.4, 0.5) is 0 Å². The van der Waals surface area contributed by atoms with Gasteiger partial charge in [-0.2, -0.15) is 0 Å². The van der Waals surface area contributed by atoms with E-state index in [0.717, 1.165) is 0 Å². The first-order chi connectivity index (χ1) is 8.74. The van der Waals surface area contributed by atoms with Gasteiger partial charge in [0, 0.05) is 26.4 Å². The SMILES string of the molecule is Cc1cccc(Sc2c(C)[nH]c3ccccc23)c1. The minimum atomic E-state index is 1.21. The zero-order valence-corrected chi connectivity index (χ0v) is 11.3. The van der Waals surface area contributed by atoms with Crippen LogP contribution in [0.15, 0.2) is 58.3 Å². The third-order valence-corrected chi connectivity index (χ3v) is 4.26. The van der Waals surface area contributed by atoms with E-state index in [0.29, 0.717) is 0 Å². The summed E-state index contributed by atoms with van der Waals surface area (Å²) in [6, 6.07) is 17.1. The van der Waals surface area contributed by atoms with Crippen molar-refractivity contribution < 1.29 is 0 Å². The standard InChI is InChI=1S/C16H15NS/c1-11-6-5-7-13(10-11)18-16-12(2)17-15-9-4-3-8-14(15)16/h3-10,17H,1-2H3. The summed E-state index contributed by atoms with van der Waals surface area (Å²) in [5.74, 6) is 0. The third-order valence-electron chi connectivity index (χ3n) is 3.04. The Bertz CT molecular complexity index is 697. The summed E-state index contributed by atoms with van der Waals surface area (Å²) in [5, 5.41) is 1.31. The molecule has 0 amide bonds. The van der Waals surface area contributed by atoms with Crippen LogP contribution in [-0.2, 0) is 0 Å². The summed E-state index contributed by atoms with van der Waals surface area (Å²) in [4.78, 5) is 6.07. The average Bonchev–Trinajstić information content (AvgIpc) is 2.66. The van der Waals surface area contributed by atoms with E-state index < -0.39 is 0 Å². The highest BCUT2D eigenvalue weighted by atomic mass is 32.2. The number of aromatic amines is 1. The van der Waals surface area contributed by atoms with Crippen LogP contribution in [0.2, 0.25) is 0 Å². The molecule has 0 saturated carbocycles. The Labute approximate surface area is 111 Å². The summed E-state index contributed by atoms with van der Waals surface area (Å²) >= 11 is 1.83. The number of H-pyrrole nitrogens is 1. The molecular formula is C16H15NS. The monoisotopic (exact) mass is 253 g/mol. The van der Waals surface area contributed by atoms with Crippen molar-refractivity contribution in [2.45, 2.75) is 23.6 Å². The second-order valence-electron chi connectivity index (χ2n) is 4.54. The molecule has 0 unspecified atom stereocenters. The Hall–Kier alpha value is -1.67. The molecule has 1 heterocycles. The van der Waals surface area contributed by atoms with Crippen molar-refractivity contribution in [3.8, 4) is 0 Å². The zero-order valence-electron chi connectivity index (χ0n) is 10.5. The lowest BCUT2D eigenvalue weighted by molar-refractivity contribution is 1.22. The van der Waals surface area contributed by atoms with E-state index >= 15 is 0 Å². The third kappa shape index (κ3) is 2.04. The van der Waals surface area contributed by atoms with Crippen LogP contribution in [0, 0.1) is 13.8 Å². The predicted octanol–water partition coefficient (Wildman–Crippen LogP) is 4.94. The van der Waals surface area contributed by atoms with Gasteiger partial charge in [0.2, 0.25) is 0 Å². The Kier molecular flexibility index (Phi) is 2.88. The number of hydrogen-bond acceptors (Lipinski definition) is 1. The normalized spacial score (nSPS) is 11.0. The van der Waals surface area contributed by atoms with Gasteiger partial charge in [0.15, 0.2) is 0 Å². The Morgan fingerprint density at radius 1 is 0.944 bits per heavy atom. The molecule has 3 aromatic rings. The molecule has 0 aliphatic rings. The van der Waals surface area contributed by atoms with Crippen LogP contribution >= 0.6 is 11.8 Å². The fourth-order valence-corrected chi connectivity index (χ4v) is 3.30. The fraction of sp³-hybridized carbons (Fsp3) is 0.125. The van der Waals surface area contributed by atoms with Gasteiger partial charge in [-0.3, -0.25) is 0 Å². The summed E-state index contributed by atoms with van der Waals surface area (Å²) < 4.78 is 0. The van der Waals surface area contributed by atoms with Crippen molar-refractivity contribution >= 4 is 22.7 Å².